The van der Waals surface area contributed by atoms with E-state index in [4.69, 9.17) is 0 Å². The van der Waals surface area contributed by atoms with E-state index in [1.54, 1.807) is 0 Å². The van der Waals surface area contributed by atoms with Crippen LogP contribution in [0.4, 0.5) is 0 Å². The zero-order valence-corrected chi connectivity index (χ0v) is 16.2. The van der Waals surface area contributed by atoms with Gasteiger partial charge in [0.2, 0.25) is 5.91 Å². The molecular formula is C20H17BrN4O2. The molecule has 0 saturated heterocycles. The van der Waals surface area contributed by atoms with Crippen LogP contribution in [0.2, 0.25) is 0 Å². The number of fused-ring (bicyclic) bond motifs is 3. The van der Waals surface area contributed by atoms with E-state index in [0.29, 0.717) is 11.0 Å². The lowest BCUT2D eigenvalue weighted by Gasteiger charge is -2.14. The van der Waals surface area contributed by atoms with Crippen LogP contribution in [-0.4, -0.2) is 20.4 Å². The lowest BCUT2D eigenvalue weighted by molar-refractivity contribution is -0.122. The van der Waals surface area contributed by atoms with Crippen LogP contribution in [0.25, 0.3) is 21.9 Å². The van der Waals surface area contributed by atoms with Gasteiger partial charge in [-0.2, -0.15) is 0 Å². The Bertz CT molecular complexity index is 1200. The van der Waals surface area contributed by atoms with Gasteiger partial charge in [0.1, 0.15) is 17.6 Å². The predicted molar refractivity (Wildman–Crippen MR) is 109 cm³/mol. The molecule has 2 aromatic carbocycles. The molecule has 0 aliphatic rings. The Morgan fingerprint density at radius 2 is 2.04 bits per heavy atom. The molecule has 0 aliphatic carbocycles. The average molecular weight is 425 g/mol. The monoisotopic (exact) mass is 424 g/mol. The van der Waals surface area contributed by atoms with Gasteiger partial charge in [-0.25, -0.2) is 4.98 Å². The number of H-pyrrole nitrogens is 1. The van der Waals surface area contributed by atoms with E-state index in [2.05, 4.69) is 31.2 Å². The molecule has 0 aliphatic heterocycles. The Balaban J connectivity index is 1.60. The normalized spacial score (nSPS) is 12.4. The first kappa shape index (κ1) is 17.5. The van der Waals surface area contributed by atoms with E-state index in [-0.39, 0.29) is 24.1 Å². The van der Waals surface area contributed by atoms with Gasteiger partial charge in [0.15, 0.2) is 0 Å². The first-order valence-corrected chi connectivity index (χ1v) is 9.33. The summed E-state index contributed by atoms with van der Waals surface area (Å²) in [6, 6.07) is 15.2. The number of nitrogens with zero attached hydrogens (tertiary/aromatic N) is 2. The highest BCUT2D eigenvalue weighted by Gasteiger charge is 2.14. The van der Waals surface area contributed by atoms with Crippen LogP contribution in [0.5, 0.6) is 0 Å². The molecule has 7 heteroatoms. The second-order valence-corrected chi connectivity index (χ2v) is 7.33. The van der Waals surface area contributed by atoms with Crippen molar-refractivity contribution in [2.24, 2.45) is 0 Å². The Kier molecular flexibility index (Phi) is 4.53. The highest BCUT2D eigenvalue weighted by molar-refractivity contribution is 9.10. The zero-order valence-electron chi connectivity index (χ0n) is 14.6. The van der Waals surface area contributed by atoms with Gasteiger partial charge in [-0.15, -0.1) is 0 Å². The van der Waals surface area contributed by atoms with Crippen LogP contribution in [0.3, 0.4) is 0 Å². The van der Waals surface area contributed by atoms with Gasteiger partial charge in [0.05, 0.1) is 12.4 Å². The van der Waals surface area contributed by atoms with Crippen LogP contribution in [0, 0.1) is 0 Å². The molecule has 2 heterocycles. The number of aromatic amines is 1. The third-order valence-corrected chi connectivity index (χ3v) is 5.02. The number of benzene rings is 2. The Hall–Kier alpha value is -2.93. The van der Waals surface area contributed by atoms with Gasteiger partial charge < -0.3 is 10.3 Å². The standard InChI is InChI=1S/C20H17BrN4O2/c1-12(13-5-3-2-4-6-13)23-17(26)10-25-11-22-18-15-9-14(21)7-8-16(15)24-19(18)20(25)27/h2-9,11-12,24H,10H2,1H3,(H,23,26)/t12-/m0/s1. The number of rotatable bonds is 4. The molecule has 0 spiro atoms. The minimum atomic E-state index is -0.269. The van der Waals surface area contributed by atoms with Crippen LogP contribution < -0.4 is 10.9 Å². The number of carbonyl (C=O) groups excluding carboxylic acids is 1. The molecule has 1 atom stereocenters. The Labute approximate surface area is 163 Å². The number of halogens is 1. The topological polar surface area (TPSA) is 79.8 Å². The van der Waals surface area contributed by atoms with E-state index in [1.165, 1.54) is 10.9 Å². The van der Waals surface area contributed by atoms with Gasteiger partial charge in [-0.3, -0.25) is 14.2 Å². The van der Waals surface area contributed by atoms with Crippen LogP contribution in [0.15, 0.2) is 64.1 Å². The fourth-order valence-electron chi connectivity index (χ4n) is 3.14. The predicted octanol–water partition coefficient (Wildman–Crippen LogP) is 3.52. The molecule has 0 radical (unpaired) electrons. The molecule has 4 rings (SSSR count). The first-order chi connectivity index (χ1) is 13.0. The molecule has 0 saturated carbocycles. The van der Waals surface area contributed by atoms with E-state index in [0.717, 1.165) is 20.9 Å². The summed E-state index contributed by atoms with van der Waals surface area (Å²) in [5.41, 5.74) is 2.57. The van der Waals surface area contributed by atoms with Gasteiger partial charge in [-0.05, 0) is 30.7 Å². The van der Waals surface area contributed by atoms with Crippen molar-refractivity contribution in [3.05, 3.63) is 75.2 Å². The highest BCUT2D eigenvalue weighted by atomic mass is 79.9. The zero-order chi connectivity index (χ0) is 19.0. The number of hydrogen-bond acceptors (Lipinski definition) is 3. The smallest absolute Gasteiger partial charge is 0.278 e. The largest absolute Gasteiger partial charge is 0.349 e. The second-order valence-electron chi connectivity index (χ2n) is 6.42. The highest BCUT2D eigenvalue weighted by Crippen LogP contribution is 2.24. The summed E-state index contributed by atoms with van der Waals surface area (Å²) in [7, 11) is 0. The second kappa shape index (κ2) is 7.00. The lowest BCUT2D eigenvalue weighted by atomic mass is 10.1. The summed E-state index contributed by atoms with van der Waals surface area (Å²) in [5, 5.41) is 3.78. The molecule has 2 N–H and O–H groups in total. The molecule has 27 heavy (non-hydrogen) atoms. The summed E-state index contributed by atoms with van der Waals surface area (Å²) in [6.07, 6.45) is 1.42. The average Bonchev–Trinajstić information content (AvgIpc) is 3.03. The van der Waals surface area contributed by atoms with Gasteiger partial charge in [0, 0.05) is 15.4 Å². The summed E-state index contributed by atoms with van der Waals surface area (Å²) >= 11 is 3.43. The Morgan fingerprint density at radius 1 is 1.26 bits per heavy atom. The third kappa shape index (κ3) is 3.38. The molecule has 1 amide bonds. The van der Waals surface area contributed by atoms with Crippen molar-refractivity contribution in [3.63, 3.8) is 0 Å². The minimum absolute atomic E-state index is 0.0853. The quantitative estimate of drug-likeness (QED) is 0.525. The van der Waals surface area contributed by atoms with Crippen molar-refractivity contribution in [2.45, 2.75) is 19.5 Å². The van der Waals surface area contributed by atoms with Crippen molar-refractivity contribution in [3.8, 4) is 0 Å². The van der Waals surface area contributed by atoms with Crippen LogP contribution >= 0.6 is 15.9 Å². The molecule has 0 fully saturated rings. The molecule has 0 unspecified atom stereocenters. The number of aromatic nitrogens is 3. The Morgan fingerprint density at radius 3 is 2.81 bits per heavy atom. The van der Waals surface area contributed by atoms with E-state index < -0.39 is 0 Å². The maximum Gasteiger partial charge on any atom is 0.278 e. The van der Waals surface area contributed by atoms with Crippen molar-refractivity contribution >= 4 is 43.8 Å². The molecule has 4 aromatic rings. The fourth-order valence-corrected chi connectivity index (χ4v) is 3.50. The SMILES string of the molecule is C[C@H](NC(=O)Cn1cnc2c([nH]c3ccc(Br)cc32)c1=O)c1ccccc1. The molecule has 0 bridgehead atoms. The van der Waals surface area contributed by atoms with E-state index in [9.17, 15) is 9.59 Å². The maximum atomic E-state index is 12.8. The molecule has 6 nitrogen and oxygen atoms in total. The maximum absolute atomic E-state index is 12.8. The van der Waals surface area contributed by atoms with Gasteiger partial charge >= 0.3 is 0 Å². The van der Waals surface area contributed by atoms with Crippen molar-refractivity contribution in [1.29, 1.82) is 0 Å². The first-order valence-electron chi connectivity index (χ1n) is 8.53. The van der Waals surface area contributed by atoms with Crippen molar-refractivity contribution in [2.75, 3.05) is 0 Å². The lowest BCUT2D eigenvalue weighted by Crippen LogP contribution is -2.34. The minimum Gasteiger partial charge on any atom is -0.349 e. The van der Waals surface area contributed by atoms with Gasteiger partial charge in [-0.1, -0.05) is 46.3 Å². The number of carbonyl (C=O) groups is 1. The van der Waals surface area contributed by atoms with E-state index >= 15 is 0 Å². The summed E-state index contributed by atoms with van der Waals surface area (Å²) in [6.45, 7) is 1.82. The number of hydrogen-bond donors (Lipinski definition) is 2. The van der Waals surface area contributed by atoms with E-state index in [1.807, 2.05) is 55.5 Å². The van der Waals surface area contributed by atoms with Gasteiger partial charge in [0.25, 0.3) is 5.56 Å². The summed E-state index contributed by atoms with van der Waals surface area (Å²) in [4.78, 5) is 32.7. The number of amides is 1. The fraction of sp³-hybridized carbons (Fsp3) is 0.150. The van der Waals surface area contributed by atoms with Crippen molar-refractivity contribution in [1.82, 2.24) is 19.9 Å². The van der Waals surface area contributed by atoms with Crippen LogP contribution in [-0.2, 0) is 11.3 Å². The molecule has 2 aromatic heterocycles. The molecule has 136 valence electrons. The summed E-state index contributed by atoms with van der Waals surface area (Å²) < 4.78 is 2.23. The molecular weight excluding hydrogens is 408 g/mol. The van der Waals surface area contributed by atoms with Crippen molar-refractivity contribution < 1.29 is 4.79 Å². The number of nitrogens with one attached hydrogen (secondary N) is 2. The van der Waals surface area contributed by atoms with Crippen LogP contribution in [0.1, 0.15) is 18.5 Å². The third-order valence-electron chi connectivity index (χ3n) is 4.53. The summed E-state index contributed by atoms with van der Waals surface area (Å²) in [5.74, 6) is -0.242.